The summed E-state index contributed by atoms with van der Waals surface area (Å²) in [6, 6.07) is 9.09. The van der Waals surface area contributed by atoms with Crippen LogP contribution in [0.15, 0.2) is 24.3 Å². The predicted octanol–water partition coefficient (Wildman–Crippen LogP) is 1.62. The molecule has 2 aliphatic heterocycles. The lowest BCUT2D eigenvalue weighted by molar-refractivity contribution is -0.0521. The Morgan fingerprint density at radius 1 is 1.20 bits per heavy atom. The fourth-order valence-electron chi connectivity index (χ4n) is 3.39. The summed E-state index contributed by atoms with van der Waals surface area (Å²) < 4.78 is 5.92. The molecule has 1 aromatic rings. The van der Waals surface area contributed by atoms with Crippen molar-refractivity contribution in [3.05, 3.63) is 29.8 Å². The summed E-state index contributed by atoms with van der Waals surface area (Å²) in [7, 11) is 4.13. The molecule has 0 amide bonds. The van der Waals surface area contributed by atoms with Crippen LogP contribution in [0.3, 0.4) is 0 Å². The quantitative estimate of drug-likeness (QED) is 0.906. The highest BCUT2D eigenvalue weighted by Gasteiger charge is 2.36. The first-order valence-corrected chi connectivity index (χ1v) is 7.54. The zero-order chi connectivity index (χ0) is 14.1. The molecule has 2 aliphatic rings. The molecule has 4 heteroatoms. The number of fused-ring (bicyclic) bond motifs is 2. The van der Waals surface area contributed by atoms with Crippen molar-refractivity contribution in [2.45, 2.75) is 31.1 Å². The fourth-order valence-corrected chi connectivity index (χ4v) is 3.39. The minimum absolute atomic E-state index is 0.318. The van der Waals surface area contributed by atoms with Crippen molar-refractivity contribution in [3.63, 3.8) is 0 Å². The number of anilines is 1. The van der Waals surface area contributed by atoms with E-state index in [1.54, 1.807) is 0 Å². The lowest BCUT2D eigenvalue weighted by Crippen LogP contribution is -2.46. The van der Waals surface area contributed by atoms with Gasteiger partial charge in [-0.15, -0.1) is 0 Å². The fraction of sp³-hybridized carbons (Fsp3) is 0.625. The van der Waals surface area contributed by atoms with Gasteiger partial charge in [0.25, 0.3) is 0 Å². The van der Waals surface area contributed by atoms with E-state index in [9.17, 15) is 0 Å². The van der Waals surface area contributed by atoms with Gasteiger partial charge in [-0.2, -0.15) is 0 Å². The second-order valence-corrected chi connectivity index (χ2v) is 6.15. The van der Waals surface area contributed by atoms with Crippen LogP contribution in [0.1, 0.15) is 24.4 Å². The van der Waals surface area contributed by atoms with E-state index in [1.807, 2.05) is 0 Å². The lowest BCUT2D eigenvalue weighted by atomic mass is 10.0. The van der Waals surface area contributed by atoms with Gasteiger partial charge in [-0.1, -0.05) is 12.1 Å². The third-order valence-corrected chi connectivity index (χ3v) is 4.53. The van der Waals surface area contributed by atoms with Gasteiger partial charge in [0.2, 0.25) is 0 Å². The standard InChI is InChI=1S/C16H25N3O/c1-18(2)13-5-3-12(4-6-13)16(9-17)19-10-14-7-8-15(11-19)20-14/h3-6,14-16H,7-11,17H2,1-2H3. The van der Waals surface area contributed by atoms with Crippen LogP contribution in [0.4, 0.5) is 5.69 Å². The van der Waals surface area contributed by atoms with Gasteiger partial charge >= 0.3 is 0 Å². The highest BCUT2D eigenvalue weighted by molar-refractivity contribution is 5.46. The van der Waals surface area contributed by atoms with Gasteiger partial charge in [0.1, 0.15) is 0 Å². The molecule has 2 fully saturated rings. The highest BCUT2D eigenvalue weighted by atomic mass is 16.5. The van der Waals surface area contributed by atoms with E-state index < -0.39 is 0 Å². The monoisotopic (exact) mass is 275 g/mol. The number of ether oxygens (including phenoxy) is 1. The van der Waals surface area contributed by atoms with Crippen LogP contribution >= 0.6 is 0 Å². The zero-order valence-electron chi connectivity index (χ0n) is 12.5. The van der Waals surface area contributed by atoms with Crippen molar-refractivity contribution in [2.24, 2.45) is 5.73 Å². The van der Waals surface area contributed by atoms with Crippen molar-refractivity contribution in [3.8, 4) is 0 Å². The largest absolute Gasteiger partial charge is 0.378 e. The summed E-state index contributed by atoms with van der Waals surface area (Å²) in [5, 5.41) is 0. The first kappa shape index (κ1) is 13.9. The number of hydrogen-bond acceptors (Lipinski definition) is 4. The summed E-state index contributed by atoms with van der Waals surface area (Å²) in [5.74, 6) is 0. The van der Waals surface area contributed by atoms with Gasteiger partial charge in [0.15, 0.2) is 0 Å². The number of rotatable bonds is 4. The van der Waals surface area contributed by atoms with Crippen LogP contribution in [0.5, 0.6) is 0 Å². The normalized spacial score (nSPS) is 27.6. The first-order chi connectivity index (χ1) is 9.67. The average molecular weight is 275 g/mol. The van der Waals surface area contributed by atoms with Gasteiger partial charge in [-0.3, -0.25) is 4.90 Å². The predicted molar refractivity (Wildman–Crippen MR) is 82.0 cm³/mol. The van der Waals surface area contributed by atoms with Crippen LogP contribution in [0, 0.1) is 0 Å². The Labute approximate surface area is 121 Å². The third-order valence-electron chi connectivity index (χ3n) is 4.53. The van der Waals surface area contributed by atoms with Gasteiger partial charge in [-0.05, 0) is 30.5 Å². The van der Waals surface area contributed by atoms with E-state index in [-0.39, 0.29) is 0 Å². The Kier molecular flexibility index (Phi) is 3.96. The van der Waals surface area contributed by atoms with Crippen LogP contribution in [-0.2, 0) is 4.74 Å². The van der Waals surface area contributed by atoms with E-state index in [2.05, 4.69) is 48.2 Å². The number of nitrogens with two attached hydrogens (primary N) is 1. The van der Waals surface area contributed by atoms with Gasteiger partial charge in [0, 0.05) is 45.5 Å². The minimum Gasteiger partial charge on any atom is -0.378 e. The maximum absolute atomic E-state index is 6.05. The maximum atomic E-state index is 6.05. The van der Waals surface area contributed by atoms with Crippen molar-refractivity contribution in [1.82, 2.24) is 4.90 Å². The molecule has 110 valence electrons. The molecule has 0 aromatic heterocycles. The van der Waals surface area contributed by atoms with Crippen molar-refractivity contribution < 1.29 is 4.74 Å². The summed E-state index contributed by atoms with van der Waals surface area (Å²) in [6.45, 7) is 2.71. The van der Waals surface area contributed by atoms with Crippen molar-refractivity contribution in [2.75, 3.05) is 38.6 Å². The number of nitrogens with zero attached hydrogens (tertiary/aromatic N) is 2. The Balaban J connectivity index is 1.75. The Morgan fingerprint density at radius 2 is 1.80 bits per heavy atom. The number of benzene rings is 1. The SMILES string of the molecule is CN(C)c1ccc(C(CN)N2CC3CCC(C2)O3)cc1. The molecule has 0 radical (unpaired) electrons. The van der Waals surface area contributed by atoms with Gasteiger partial charge in [0.05, 0.1) is 12.2 Å². The summed E-state index contributed by atoms with van der Waals surface area (Å²) in [5.41, 5.74) is 8.60. The molecular formula is C16H25N3O. The molecule has 0 spiro atoms. The molecule has 2 saturated heterocycles. The molecule has 20 heavy (non-hydrogen) atoms. The van der Waals surface area contributed by atoms with E-state index >= 15 is 0 Å². The number of morpholine rings is 1. The molecule has 4 nitrogen and oxygen atoms in total. The van der Waals surface area contributed by atoms with Gasteiger partial charge in [-0.25, -0.2) is 0 Å². The molecule has 3 unspecified atom stereocenters. The topological polar surface area (TPSA) is 41.7 Å². The summed E-state index contributed by atoms with van der Waals surface area (Å²) in [4.78, 5) is 4.63. The third kappa shape index (κ3) is 2.68. The minimum atomic E-state index is 0.318. The van der Waals surface area contributed by atoms with Crippen molar-refractivity contribution in [1.29, 1.82) is 0 Å². The number of hydrogen-bond donors (Lipinski definition) is 1. The molecule has 0 saturated carbocycles. The van der Waals surface area contributed by atoms with Crippen LogP contribution < -0.4 is 10.6 Å². The maximum Gasteiger partial charge on any atom is 0.0707 e. The van der Waals surface area contributed by atoms with Crippen LogP contribution in [-0.4, -0.2) is 50.8 Å². The lowest BCUT2D eigenvalue weighted by Gasteiger charge is -2.37. The second kappa shape index (κ2) is 5.72. The van der Waals surface area contributed by atoms with E-state index in [1.165, 1.54) is 24.1 Å². The average Bonchev–Trinajstić information content (AvgIpc) is 2.79. The van der Waals surface area contributed by atoms with E-state index in [0.29, 0.717) is 24.8 Å². The Morgan fingerprint density at radius 3 is 2.30 bits per heavy atom. The Hall–Kier alpha value is -1.10. The zero-order valence-corrected chi connectivity index (χ0v) is 12.5. The summed E-state index contributed by atoms with van der Waals surface area (Å²) in [6.07, 6.45) is 3.25. The van der Waals surface area contributed by atoms with E-state index in [4.69, 9.17) is 10.5 Å². The molecule has 2 heterocycles. The molecule has 2 N–H and O–H groups in total. The molecule has 2 bridgehead atoms. The van der Waals surface area contributed by atoms with Crippen LogP contribution in [0.25, 0.3) is 0 Å². The second-order valence-electron chi connectivity index (χ2n) is 6.15. The summed E-state index contributed by atoms with van der Waals surface area (Å²) >= 11 is 0. The molecule has 1 aromatic carbocycles. The molecule has 0 aliphatic carbocycles. The van der Waals surface area contributed by atoms with Crippen LogP contribution in [0.2, 0.25) is 0 Å². The molecular weight excluding hydrogens is 250 g/mol. The highest BCUT2D eigenvalue weighted by Crippen LogP contribution is 2.31. The van der Waals surface area contributed by atoms with Crippen molar-refractivity contribution >= 4 is 5.69 Å². The first-order valence-electron chi connectivity index (χ1n) is 7.54. The molecule has 3 atom stereocenters. The smallest absolute Gasteiger partial charge is 0.0707 e. The molecule has 3 rings (SSSR count). The number of likely N-dealkylation sites (tertiary alicyclic amines) is 1. The van der Waals surface area contributed by atoms with E-state index in [0.717, 1.165) is 13.1 Å². The van der Waals surface area contributed by atoms with Gasteiger partial charge < -0.3 is 15.4 Å². The Bertz CT molecular complexity index is 434.